The van der Waals surface area contributed by atoms with Crippen LogP contribution >= 0.6 is 11.6 Å². The molecule has 3 aromatic carbocycles. The minimum atomic E-state index is -4.08. The number of aryl methyl sites for hydroxylation is 1. The zero-order chi connectivity index (χ0) is 21.9. The Bertz CT molecular complexity index is 1200. The second kappa shape index (κ2) is 8.73. The van der Waals surface area contributed by atoms with Crippen molar-refractivity contribution in [3.05, 3.63) is 82.6 Å². The van der Waals surface area contributed by atoms with E-state index in [1.54, 1.807) is 25.1 Å². The number of rotatable bonds is 6. The van der Waals surface area contributed by atoms with Gasteiger partial charge in [-0.25, -0.2) is 12.8 Å². The summed E-state index contributed by atoms with van der Waals surface area (Å²) < 4.78 is 46.9. The molecule has 0 spiro atoms. The van der Waals surface area contributed by atoms with Gasteiger partial charge in [-0.05, 0) is 67.1 Å². The van der Waals surface area contributed by atoms with Crippen molar-refractivity contribution in [3.8, 4) is 5.75 Å². The molecule has 0 saturated heterocycles. The molecule has 3 rings (SSSR count). The van der Waals surface area contributed by atoms with E-state index in [4.69, 9.17) is 16.3 Å². The lowest BCUT2D eigenvalue weighted by Crippen LogP contribution is -2.17. The fourth-order valence-corrected chi connectivity index (χ4v) is 4.23. The molecule has 0 atom stereocenters. The molecule has 0 heterocycles. The van der Waals surface area contributed by atoms with Crippen LogP contribution in [0, 0.1) is 12.7 Å². The lowest BCUT2D eigenvalue weighted by molar-refractivity contribution is 0.102. The maximum Gasteiger partial charge on any atom is 0.263 e. The van der Waals surface area contributed by atoms with E-state index in [1.165, 1.54) is 43.5 Å². The molecule has 3 aromatic rings. The average molecular weight is 449 g/mol. The van der Waals surface area contributed by atoms with Gasteiger partial charge < -0.3 is 10.1 Å². The van der Waals surface area contributed by atoms with Crippen LogP contribution in [0.4, 0.5) is 15.8 Å². The predicted molar refractivity (Wildman–Crippen MR) is 114 cm³/mol. The van der Waals surface area contributed by atoms with Crippen molar-refractivity contribution in [2.75, 3.05) is 17.1 Å². The Hall–Kier alpha value is -3.10. The van der Waals surface area contributed by atoms with Crippen molar-refractivity contribution in [3.63, 3.8) is 0 Å². The van der Waals surface area contributed by atoms with Gasteiger partial charge in [0.05, 0.1) is 17.8 Å². The Morgan fingerprint density at radius 3 is 2.40 bits per heavy atom. The fraction of sp³-hybridized carbons (Fsp3) is 0.0952. The van der Waals surface area contributed by atoms with Gasteiger partial charge in [0, 0.05) is 11.3 Å². The van der Waals surface area contributed by atoms with E-state index in [0.717, 1.165) is 11.6 Å². The predicted octanol–water partition coefficient (Wildman–Crippen LogP) is 4.85. The van der Waals surface area contributed by atoms with Crippen LogP contribution in [0.5, 0.6) is 5.75 Å². The first-order valence-corrected chi connectivity index (χ1v) is 10.6. The number of methoxy groups -OCH3 is 1. The minimum absolute atomic E-state index is 0.00397. The average Bonchev–Trinajstić information content (AvgIpc) is 2.71. The van der Waals surface area contributed by atoms with Gasteiger partial charge >= 0.3 is 0 Å². The number of amides is 1. The highest BCUT2D eigenvalue weighted by Gasteiger charge is 2.21. The van der Waals surface area contributed by atoms with Gasteiger partial charge in [-0.2, -0.15) is 0 Å². The highest BCUT2D eigenvalue weighted by Crippen LogP contribution is 2.26. The molecule has 0 aliphatic carbocycles. The van der Waals surface area contributed by atoms with E-state index < -0.39 is 21.7 Å². The number of hydrogen-bond donors (Lipinski definition) is 2. The molecule has 0 aliphatic heterocycles. The Morgan fingerprint density at radius 1 is 1.03 bits per heavy atom. The number of sulfonamides is 1. The van der Waals surface area contributed by atoms with Crippen LogP contribution in [0.15, 0.2) is 65.6 Å². The SMILES string of the molecule is COc1ccc(NS(=O)(=O)c2cc(C(=O)Nc3cc(C)ccc3F)ccc2Cl)cc1. The van der Waals surface area contributed by atoms with E-state index in [-0.39, 0.29) is 21.2 Å². The number of anilines is 2. The van der Waals surface area contributed by atoms with Gasteiger partial charge in [-0.3, -0.25) is 9.52 Å². The molecule has 0 unspecified atom stereocenters. The lowest BCUT2D eigenvalue weighted by atomic mass is 10.2. The van der Waals surface area contributed by atoms with Crippen LogP contribution in [0.1, 0.15) is 15.9 Å². The summed E-state index contributed by atoms with van der Waals surface area (Å²) in [6.45, 7) is 1.76. The Balaban J connectivity index is 1.88. The molecule has 0 aromatic heterocycles. The molecule has 0 aliphatic rings. The largest absolute Gasteiger partial charge is 0.497 e. The third kappa shape index (κ3) is 4.90. The summed E-state index contributed by atoms with van der Waals surface area (Å²) in [5, 5.41) is 2.38. The quantitative estimate of drug-likeness (QED) is 0.564. The van der Waals surface area contributed by atoms with Crippen molar-refractivity contribution < 1.29 is 22.3 Å². The second-order valence-electron chi connectivity index (χ2n) is 6.42. The van der Waals surface area contributed by atoms with Gasteiger partial charge in [0.1, 0.15) is 16.5 Å². The lowest BCUT2D eigenvalue weighted by Gasteiger charge is -2.12. The molecule has 6 nitrogen and oxygen atoms in total. The maximum atomic E-state index is 13.9. The Labute approximate surface area is 178 Å². The van der Waals surface area contributed by atoms with Crippen LogP contribution in [-0.4, -0.2) is 21.4 Å². The molecule has 0 radical (unpaired) electrons. The van der Waals surface area contributed by atoms with Crippen molar-refractivity contribution in [2.24, 2.45) is 0 Å². The monoisotopic (exact) mass is 448 g/mol. The number of halogens is 2. The Kier molecular flexibility index (Phi) is 6.28. The second-order valence-corrected chi connectivity index (χ2v) is 8.47. The zero-order valence-electron chi connectivity index (χ0n) is 16.1. The zero-order valence-corrected chi connectivity index (χ0v) is 17.6. The maximum absolute atomic E-state index is 13.9. The van der Waals surface area contributed by atoms with E-state index in [9.17, 15) is 17.6 Å². The number of ether oxygens (including phenoxy) is 1. The summed E-state index contributed by atoms with van der Waals surface area (Å²) in [7, 11) is -2.59. The number of hydrogen-bond acceptors (Lipinski definition) is 4. The van der Waals surface area contributed by atoms with E-state index in [1.807, 2.05) is 0 Å². The number of nitrogens with one attached hydrogen (secondary N) is 2. The van der Waals surface area contributed by atoms with Crippen molar-refractivity contribution in [2.45, 2.75) is 11.8 Å². The molecule has 156 valence electrons. The highest BCUT2D eigenvalue weighted by atomic mass is 35.5. The topological polar surface area (TPSA) is 84.5 Å². The molecule has 2 N–H and O–H groups in total. The number of carbonyl (C=O) groups excluding carboxylic acids is 1. The fourth-order valence-electron chi connectivity index (χ4n) is 2.65. The molecule has 0 bridgehead atoms. The van der Waals surface area contributed by atoms with E-state index in [0.29, 0.717) is 11.4 Å². The van der Waals surface area contributed by atoms with Crippen molar-refractivity contribution in [1.29, 1.82) is 0 Å². The van der Waals surface area contributed by atoms with E-state index >= 15 is 0 Å². The molecule has 1 amide bonds. The summed E-state index contributed by atoms with van der Waals surface area (Å²) in [6, 6.07) is 14.3. The summed E-state index contributed by atoms with van der Waals surface area (Å²) in [6.07, 6.45) is 0. The van der Waals surface area contributed by atoms with Gasteiger partial charge in [0.25, 0.3) is 15.9 Å². The normalized spacial score (nSPS) is 11.1. The molecule has 0 fully saturated rings. The standard InChI is InChI=1S/C21H18ClFN2O4S/c1-13-3-10-18(23)19(11-13)24-21(26)14-4-9-17(22)20(12-14)30(27,28)25-15-5-7-16(29-2)8-6-15/h3-12,25H,1-2H3,(H,24,26). The van der Waals surface area contributed by atoms with Gasteiger partial charge in [-0.1, -0.05) is 17.7 Å². The summed E-state index contributed by atoms with van der Waals surface area (Å²) >= 11 is 6.07. The first-order chi connectivity index (χ1) is 14.2. The molecule has 9 heteroatoms. The third-order valence-electron chi connectivity index (χ3n) is 4.20. The van der Waals surface area contributed by atoms with Gasteiger partial charge in [0.15, 0.2) is 0 Å². The van der Waals surface area contributed by atoms with Crippen LogP contribution < -0.4 is 14.8 Å². The summed E-state index contributed by atoms with van der Waals surface area (Å²) in [4.78, 5) is 12.3. The van der Waals surface area contributed by atoms with Gasteiger partial charge in [0.2, 0.25) is 0 Å². The first-order valence-electron chi connectivity index (χ1n) is 8.73. The van der Waals surface area contributed by atoms with Crippen LogP contribution in [0.25, 0.3) is 0 Å². The van der Waals surface area contributed by atoms with Crippen molar-refractivity contribution in [1.82, 2.24) is 0 Å². The molecule has 0 saturated carbocycles. The summed E-state index contributed by atoms with van der Waals surface area (Å²) in [5.41, 5.74) is 1.06. The third-order valence-corrected chi connectivity index (χ3v) is 6.06. The smallest absolute Gasteiger partial charge is 0.263 e. The minimum Gasteiger partial charge on any atom is -0.497 e. The van der Waals surface area contributed by atoms with Crippen LogP contribution in [-0.2, 0) is 10.0 Å². The molecular weight excluding hydrogens is 431 g/mol. The van der Waals surface area contributed by atoms with Gasteiger partial charge in [-0.15, -0.1) is 0 Å². The number of carbonyl (C=O) groups is 1. The molecular formula is C21H18ClFN2O4S. The Morgan fingerprint density at radius 2 is 1.73 bits per heavy atom. The van der Waals surface area contributed by atoms with Crippen LogP contribution in [0.3, 0.4) is 0 Å². The van der Waals surface area contributed by atoms with Crippen molar-refractivity contribution >= 4 is 38.9 Å². The summed E-state index contributed by atoms with van der Waals surface area (Å²) in [5.74, 6) is -0.702. The molecule has 30 heavy (non-hydrogen) atoms. The highest BCUT2D eigenvalue weighted by molar-refractivity contribution is 7.92. The van der Waals surface area contributed by atoms with E-state index in [2.05, 4.69) is 10.0 Å². The first kappa shape index (κ1) is 21.6. The van der Waals surface area contributed by atoms with Crippen LogP contribution in [0.2, 0.25) is 5.02 Å². The number of benzene rings is 3.